The molecule has 5 heteroatoms. The number of carbonyl (C=O) groups is 2. The van der Waals surface area contributed by atoms with E-state index >= 15 is 0 Å². The first kappa shape index (κ1) is 21.7. The largest absolute Gasteiger partial charge is 0.351 e. The second-order valence-electron chi connectivity index (χ2n) is 8.83. The maximum absolute atomic E-state index is 12.6. The Morgan fingerprint density at radius 1 is 0.824 bits per heavy atom. The molecule has 1 aliphatic rings. The fourth-order valence-electron chi connectivity index (χ4n) is 4.56. The molecule has 2 N–H and O–H groups in total. The summed E-state index contributed by atoms with van der Waals surface area (Å²) in [6, 6.07) is 30.0. The number of nitrogens with zero attached hydrogens (tertiary/aromatic N) is 2. The van der Waals surface area contributed by atoms with E-state index < -0.39 is 6.03 Å². The quantitative estimate of drug-likeness (QED) is 0.426. The Morgan fingerprint density at radius 2 is 1.50 bits per heavy atom. The van der Waals surface area contributed by atoms with E-state index in [-0.39, 0.29) is 5.91 Å². The Hall–Kier alpha value is -4.12. The molecule has 0 aliphatic carbocycles. The number of primary amides is 1. The molecule has 0 spiro atoms. The molecular formula is C29H27N3O2. The average molecular weight is 450 g/mol. The van der Waals surface area contributed by atoms with Crippen molar-refractivity contribution in [2.75, 3.05) is 6.54 Å². The fraction of sp³-hybridized carbons (Fsp3) is 0.172. The molecule has 1 aliphatic heterocycles. The molecule has 0 saturated carbocycles. The van der Waals surface area contributed by atoms with E-state index in [1.807, 2.05) is 47.4 Å². The van der Waals surface area contributed by atoms with Gasteiger partial charge in [-0.1, -0.05) is 78.9 Å². The van der Waals surface area contributed by atoms with Crippen LogP contribution in [0.15, 0.2) is 91.0 Å². The molecule has 3 amide bonds. The first-order valence-electron chi connectivity index (χ1n) is 11.5. The minimum Gasteiger partial charge on any atom is -0.351 e. The van der Waals surface area contributed by atoms with Crippen LogP contribution in [-0.4, -0.2) is 28.3 Å². The van der Waals surface area contributed by atoms with E-state index in [1.54, 1.807) is 4.90 Å². The molecule has 0 bridgehead atoms. The number of urea groups is 1. The third kappa shape index (κ3) is 4.64. The summed E-state index contributed by atoms with van der Waals surface area (Å²) in [6.07, 6.45) is 0.713. The molecule has 34 heavy (non-hydrogen) atoms. The summed E-state index contributed by atoms with van der Waals surface area (Å²) < 4.78 is 0. The summed E-state index contributed by atoms with van der Waals surface area (Å²) in [4.78, 5) is 28.2. The zero-order valence-electron chi connectivity index (χ0n) is 19.0. The molecule has 0 fully saturated rings. The van der Waals surface area contributed by atoms with Gasteiger partial charge in [-0.3, -0.25) is 4.79 Å². The van der Waals surface area contributed by atoms with Crippen LogP contribution in [0.1, 0.15) is 32.6 Å². The van der Waals surface area contributed by atoms with Crippen LogP contribution < -0.4 is 5.73 Å². The van der Waals surface area contributed by atoms with E-state index in [0.29, 0.717) is 32.6 Å². The third-order valence-electron chi connectivity index (χ3n) is 6.46. The molecule has 170 valence electrons. The predicted molar refractivity (Wildman–Crippen MR) is 134 cm³/mol. The van der Waals surface area contributed by atoms with Gasteiger partial charge in [0.1, 0.15) is 0 Å². The lowest BCUT2D eigenvalue weighted by Crippen LogP contribution is -2.36. The molecule has 0 aromatic heterocycles. The lowest BCUT2D eigenvalue weighted by atomic mass is 10.1. The highest BCUT2D eigenvalue weighted by Crippen LogP contribution is 2.24. The van der Waals surface area contributed by atoms with Crippen molar-refractivity contribution in [1.29, 1.82) is 0 Å². The number of hydrogen-bond donors (Lipinski definition) is 1. The molecule has 4 aromatic carbocycles. The third-order valence-corrected chi connectivity index (χ3v) is 6.46. The van der Waals surface area contributed by atoms with Crippen LogP contribution in [0.4, 0.5) is 4.79 Å². The first-order chi connectivity index (χ1) is 16.6. The summed E-state index contributed by atoms with van der Waals surface area (Å²) in [5.41, 5.74) is 10.8. The highest BCUT2D eigenvalue weighted by molar-refractivity contribution is 5.98. The summed E-state index contributed by atoms with van der Waals surface area (Å²) in [6.45, 7) is 2.26. The monoisotopic (exact) mass is 449 g/mol. The highest BCUT2D eigenvalue weighted by atomic mass is 16.2. The maximum atomic E-state index is 12.6. The summed E-state index contributed by atoms with van der Waals surface area (Å²) in [5, 5.41) is 2.33. The number of hydrogen-bond acceptors (Lipinski definition) is 2. The van der Waals surface area contributed by atoms with Gasteiger partial charge >= 0.3 is 6.03 Å². The predicted octanol–water partition coefficient (Wildman–Crippen LogP) is 5.12. The van der Waals surface area contributed by atoms with Gasteiger partial charge in [0.15, 0.2) is 0 Å². The Bertz CT molecular complexity index is 1350. The summed E-state index contributed by atoms with van der Waals surface area (Å²) in [5.74, 6) is 0.0884. The number of carbonyl (C=O) groups excluding carboxylic acids is 2. The SMILES string of the molecule is NC(=O)N(CCc1ccc(CN2Cc3ccccc3C2=O)cc1)Cc1ccc2ccccc2c1. The lowest BCUT2D eigenvalue weighted by molar-refractivity contribution is 0.0766. The number of amides is 3. The molecule has 5 rings (SSSR count). The van der Waals surface area contributed by atoms with Crippen LogP contribution >= 0.6 is 0 Å². The van der Waals surface area contributed by atoms with Crippen molar-refractivity contribution >= 4 is 22.7 Å². The smallest absolute Gasteiger partial charge is 0.315 e. The zero-order chi connectivity index (χ0) is 23.5. The van der Waals surface area contributed by atoms with Crippen molar-refractivity contribution in [1.82, 2.24) is 9.80 Å². The van der Waals surface area contributed by atoms with E-state index in [2.05, 4.69) is 48.5 Å². The topological polar surface area (TPSA) is 66.6 Å². The van der Waals surface area contributed by atoms with Crippen LogP contribution in [0.2, 0.25) is 0 Å². The van der Waals surface area contributed by atoms with Gasteiger partial charge in [-0.2, -0.15) is 0 Å². The standard InChI is InChI=1S/C29H27N3O2/c30-29(34)31(19-23-13-14-24-5-1-2-6-25(24)17-23)16-15-21-9-11-22(12-10-21)18-32-20-26-7-3-4-8-27(26)28(32)33/h1-14,17H,15-16,18-20H2,(H2,30,34). The second kappa shape index (κ2) is 9.40. The molecule has 0 radical (unpaired) electrons. The van der Waals surface area contributed by atoms with Gasteiger partial charge < -0.3 is 15.5 Å². The average Bonchev–Trinajstić information content (AvgIpc) is 3.17. The molecule has 1 heterocycles. The zero-order valence-corrected chi connectivity index (χ0v) is 19.0. The maximum Gasteiger partial charge on any atom is 0.315 e. The fourth-order valence-corrected chi connectivity index (χ4v) is 4.56. The van der Waals surface area contributed by atoms with Crippen molar-refractivity contribution in [3.05, 3.63) is 119 Å². The molecule has 4 aromatic rings. The Balaban J connectivity index is 1.19. The van der Waals surface area contributed by atoms with Crippen LogP contribution in [-0.2, 0) is 26.1 Å². The number of nitrogens with two attached hydrogens (primary N) is 1. The Kier molecular flexibility index (Phi) is 6.00. The first-order valence-corrected chi connectivity index (χ1v) is 11.5. The minimum atomic E-state index is -0.420. The number of rotatable bonds is 7. The van der Waals surface area contributed by atoms with Crippen LogP contribution in [0, 0.1) is 0 Å². The van der Waals surface area contributed by atoms with Crippen molar-refractivity contribution in [2.24, 2.45) is 5.73 Å². The summed E-state index contributed by atoms with van der Waals surface area (Å²) >= 11 is 0. The Labute approximate surface area is 199 Å². The number of fused-ring (bicyclic) bond motifs is 2. The Morgan fingerprint density at radius 3 is 2.26 bits per heavy atom. The molecule has 0 atom stereocenters. The van der Waals surface area contributed by atoms with Gasteiger partial charge in [-0.05, 0) is 51.6 Å². The normalized spacial score (nSPS) is 12.7. The van der Waals surface area contributed by atoms with Crippen molar-refractivity contribution in [2.45, 2.75) is 26.1 Å². The van der Waals surface area contributed by atoms with E-state index in [0.717, 1.165) is 33.2 Å². The highest BCUT2D eigenvalue weighted by Gasteiger charge is 2.26. The van der Waals surface area contributed by atoms with Gasteiger partial charge in [0.25, 0.3) is 5.91 Å². The van der Waals surface area contributed by atoms with Crippen molar-refractivity contribution in [3.8, 4) is 0 Å². The van der Waals surface area contributed by atoms with Gasteiger partial charge in [0.2, 0.25) is 0 Å². The number of benzene rings is 4. The van der Waals surface area contributed by atoms with E-state index in [4.69, 9.17) is 5.73 Å². The lowest BCUT2D eigenvalue weighted by Gasteiger charge is -2.21. The van der Waals surface area contributed by atoms with Gasteiger partial charge in [0.05, 0.1) is 0 Å². The van der Waals surface area contributed by atoms with E-state index in [1.165, 1.54) is 5.39 Å². The van der Waals surface area contributed by atoms with Crippen LogP contribution in [0.25, 0.3) is 10.8 Å². The molecule has 0 saturated heterocycles. The van der Waals surface area contributed by atoms with Crippen LogP contribution in [0.5, 0.6) is 0 Å². The molecular weight excluding hydrogens is 422 g/mol. The van der Waals surface area contributed by atoms with E-state index in [9.17, 15) is 9.59 Å². The van der Waals surface area contributed by atoms with Gasteiger partial charge in [-0.15, -0.1) is 0 Å². The second-order valence-corrected chi connectivity index (χ2v) is 8.83. The molecule has 5 nitrogen and oxygen atoms in total. The van der Waals surface area contributed by atoms with Crippen molar-refractivity contribution in [3.63, 3.8) is 0 Å². The minimum absolute atomic E-state index is 0.0884. The van der Waals surface area contributed by atoms with Gasteiger partial charge in [0, 0.05) is 31.7 Å². The summed E-state index contributed by atoms with van der Waals surface area (Å²) in [7, 11) is 0. The molecule has 0 unspecified atom stereocenters. The van der Waals surface area contributed by atoms with Crippen LogP contribution in [0.3, 0.4) is 0 Å². The van der Waals surface area contributed by atoms with Crippen molar-refractivity contribution < 1.29 is 9.59 Å². The van der Waals surface area contributed by atoms with Gasteiger partial charge in [-0.25, -0.2) is 4.79 Å².